The van der Waals surface area contributed by atoms with E-state index in [0.29, 0.717) is 0 Å². The predicted octanol–water partition coefficient (Wildman–Crippen LogP) is -0.323. The van der Waals surface area contributed by atoms with E-state index in [0.717, 1.165) is 11.9 Å². The molecule has 0 amide bonds. The van der Waals surface area contributed by atoms with Gasteiger partial charge in [0.25, 0.3) is 0 Å². The van der Waals surface area contributed by atoms with E-state index < -0.39 is 11.2 Å². The Morgan fingerprint density at radius 1 is 2.00 bits per heavy atom. The van der Waals surface area contributed by atoms with Gasteiger partial charge in [-0.1, -0.05) is 0 Å². The molecule has 0 saturated heterocycles. The zero-order chi connectivity index (χ0) is 5.98. The highest BCUT2D eigenvalue weighted by Gasteiger charge is 2.18. The van der Waals surface area contributed by atoms with Crippen LogP contribution in [-0.2, 0) is 4.79 Å². The van der Waals surface area contributed by atoms with Crippen molar-refractivity contribution in [1.29, 1.82) is 0 Å². The number of carbonyl (C=O) groups is 1. The van der Waals surface area contributed by atoms with Crippen LogP contribution in [0.1, 0.15) is 0 Å². The predicted molar refractivity (Wildman–Crippen MR) is 30.6 cm³/mol. The number of hydrogen-bond donors (Lipinski definition) is 2. The summed E-state index contributed by atoms with van der Waals surface area (Å²) in [5.74, 6) is -0.858. The van der Waals surface area contributed by atoms with Gasteiger partial charge in [-0.2, -0.15) is 5.10 Å². The summed E-state index contributed by atoms with van der Waals surface area (Å²) in [6.45, 7) is 0. The van der Waals surface area contributed by atoms with Gasteiger partial charge in [-0.15, -0.1) is 0 Å². The normalized spacial score (nSPS) is 25.2. The monoisotopic (exact) mass is 132 g/mol. The number of carboxylic acids is 1. The van der Waals surface area contributed by atoms with E-state index in [2.05, 4.69) is 9.93 Å². The van der Waals surface area contributed by atoms with Gasteiger partial charge in [0, 0.05) is 0 Å². The molecule has 5 heteroatoms. The Labute approximate surface area is 50.1 Å². The van der Waals surface area contributed by atoms with Crippen LogP contribution in [-0.4, -0.2) is 22.5 Å². The largest absolute Gasteiger partial charge is 0.480 e. The fourth-order valence-electron chi connectivity index (χ4n) is 0.330. The summed E-state index contributed by atoms with van der Waals surface area (Å²) < 4.78 is 0. The van der Waals surface area contributed by atoms with Crippen molar-refractivity contribution in [2.45, 2.75) is 5.25 Å². The molecule has 0 aliphatic carbocycles. The molecule has 0 spiro atoms. The van der Waals surface area contributed by atoms with Gasteiger partial charge in [-0.3, -0.25) is 9.63 Å². The van der Waals surface area contributed by atoms with Crippen molar-refractivity contribution in [3.05, 3.63) is 0 Å². The summed E-state index contributed by atoms with van der Waals surface area (Å²) in [5.41, 5.74) is 0. The van der Waals surface area contributed by atoms with Crippen molar-refractivity contribution >= 4 is 24.1 Å². The average molecular weight is 132 g/mol. The van der Waals surface area contributed by atoms with Crippen molar-refractivity contribution in [1.82, 2.24) is 4.83 Å². The molecule has 0 fully saturated rings. The molecule has 0 saturated carbocycles. The van der Waals surface area contributed by atoms with E-state index in [-0.39, 0.29) is 0 Å². The summed E-state index contributed by atoms with van der Waals surface area (Å²) in [4.78, 5) is 12.5. The van der Waals surface area contributed by atoms with Gasteiger partial charge < -0.3 is 5.11 Å². The number of rotatable bonds is 1. The number of nitrogens with one attached hydrogen (secondary N) is 1. The molecule has 2 N–H and O–H groups in total. The van der Waals surface area contributed by atoms with E-state index in [4.69, 9.17) is 5.11 Å². The summed E-state index contributed by atoms with van der Waals surface area (Å²) in [6.07, 6.45) is 1.35. The Morgan fingerprint density at radius 2 is 2.75 bits per heavy atom. The summed E-state index contributed by atoms with van der Waals surface area (Å²) in [5, 5.41) is 11.2. The second-order valence-electron chi connectivity index (χ2n) is 1.25. The van der Waals surface area contributed by atoms with Crippen molar-refractivity contribution in [3.63, 3.8) is 0 Å². The third kappa shape index (κ3) is 0.919. The zero-order valence-corrected chi connectivity index (χ0v) is 4.68. The van der Waals surface area contributed by atoms with E-state index >= 15 is 0 Å². The quantitative estimate of drug-likeness (QED) is 0.480. The lowest BCUT2D eigenvalue weighted by Crippen LogP contribution is -2.15. The Bertz CT molecular complexity index is 135. The molecule has 8 heavy (non-hydrogen) atoms. The van der Waals surface area contributed by atoms with Crippen molar-refractivity contribution in [3.8, 4) is 0 Å². The number of aliphatic carboxylic acids is 1. The lowest BCUT2D eigenvalue weighted by Gasteiger charge is -1.92. The second kappa shape index (κ2) is 2.04. The van der Waals surface area contributed by atoms with Crippen LogP contribution < -0.4 is 4.83 Å². The molecule has 1 aliphatic rings. The van der Waals surface area contributed by atoms with Gasteiger partial charge in [0.05, 0.1) is 6.21 Å². The minimum Gasteiger partial charge on any atom is -0.480 e. The molecular formula is C3H4N2O2S. The Balaban J connectivity index is 2.48. The van der Waals surface area contributed by atoms with Gasteiger partial charge >= 0.3 is 5.97 Å². The third-order valence-electron chi connectivity index (χ3n) is 0.686. The first-order valence-corrected chi connectivity index (χ1v) is 2.85. The molecule has 1 heterocycles. The summed E-state index contributed by atoms with van der Waals surface area (Å²) in [6, 6.07) is 0. The standard InChI is InChI=1S/C3H4N2O2S/c6-3(7)2-1-4-5-8-2/h1-2,5H,(H,6,7). The Kier molecular flexibility index (Phi) is 1.38. The van der Waals surface area contributed by atoms with Crippen LogP contribution in [0.3, 0.4) is 0 Å². The van der Waals surface area contributed by atoms with Crippen LogP contribution in [0.2, 0.25) is 0 Å². The summed E-state index contributed by atoms with van der Waals surface area (Å²) >= 11 is 1.08. The Hall–Kier alpha value is -0.710. The molecule has 4 nitrogen and oxygen atoms in total. The maximum Gasteiger partial charge on any atom is 0.324 e. The molecule has 1 atom stereocenters. The van der Waals surface area contributed by atoms with Gasteiger partial charge in [-0.25, -0.2) is 0 Å². The molecule has 1 aliphatic heterocycles. The van der Waals surface area contributed by atoms with Gasteiger partial charge in [0.15, 0.2) is 5.25 Å². The van der Waals surface area contributed by atoms with Crippen molar-refractivity contribution in [2.24, 2.45) is 5.10 Å². The Morgan fingerprint density at radius 3 is 3.00 bits per heavy atom. The molecular weight excluding hydrogens is 128 g/mol. The van der Waals surface area contributed by atoms with E-state index in [1.54, 1.807) is 0 Å². The average Bonchev–Trinajstić information content (AvgIpc) is 2.12. The summed E-state index contributed by atoms with van der Waals surface area (Å²) in [7, 11) is 0. The molecule has 0 radical (unpaired) electrons. The third-order valence-corrected chi connectivity index (χ3v) is 1.47. The first-order chi connectivity index (χ1) is 3.80. The molecule has 1 unspecified atom stereocenters. The molecule has 0 bridgehead atoms. The van der Waals surface area contributed by atoms with Gasteiger partial charge in [0.1, 0.15) is 0 Å². The van der Waals surface area contributed by atoms with Gasteiger partial charge in [-0.05, 0) is 11.9 Å². The molecule has 0 aromatic carbocycles. The SMILES string of the molecule is O=C(O)C1C=NNS1. The van der Waals surface area contributed by atoms with Crippen molar-refractivity contribution < 1.29 is 9.90 Å². The fraction of sp³-hybridized carbons (Fsp3) is 0.333. The highest BCUT2D eigenvalue weighted by Crippen LogP contribution is 2.08. The number of hydrazone groups is 1. The van der Waals surface area contributed by atoms with E-state index in [1.807, 2.05) is 0 Å². The fourth-order valence-corrected chi connectivity index (χ4v) is 0.788. The first kappa shape index (κ1) is 5.43. The molecule has 1 rings (SSSR count). The topological polar surface area (TPSA) is 61.7 Å². The van der Waals surface area contributed by atoms with E-state index in [1.165, 1.54) is 6.21 Å². The number of carboxylic acid groups (broad SMARTS) is 1. The second-order valence-corrected chi connectivity index (χ2v) is 2.17. The first-order valence-electron chi connectivity index (χ1n) is 1.97. The number of hydrogen-bond acceptors (Lipinski definition) is 4. The van der Waals surface area contributed by atoms with Crippen LogP contribution in [0.5, 0.6) is 0 Å². The maximum atomic E-state index is 10.0. The zero-order valence-electron chi connectivity index (χ0n) is 3.87. The lowest BCUT2D eigenvalue weighted by molar-refractivity contribution is -0.134. The maximum absolute atomic E-state index is 10.0. The van der Waals surface area contributed by atoms with Crippen molar-refractivity contribution in [2.75, 3.05) is 0 Å². The number of nitrogens with zero attached hydrogens (tertiary/aromatic N) is 1. The van der Waals surface area contributed by atoms with Crippen LogP contribution in [0.25, 0.3) is 0 Å². The van der Waals surface area contributed by atoms with E-state index in [9.17, 15) is 4.79 Å². The lowest BCUT2D eigenvalue weighted by atomic mass is 10.5. The van der Waals surface area contributed by atoms with Gasteiger partial charge in [0.2, 0.25) is 0 Å². The van der Waals surface area contributed by atoms with Crippen LogP contribution in [0.4, 0.5) is 0 Å². The minimum absolute atomic E-state index is 0.505. The van der Waals surface area contributed by atoms with Crippen LogP contribution in [0.15, 0.2) is 5.10 Å². The molecule has 44 valence electrons. The highest BCUT2D eigenvalue weighted by atomic mass is 32.2. The molecule has 0 aromatic heterocycles. The minimum atomic E-state index is -0.858. The van der Waals surface area contributed by atoms with Crippen LogP contribution in [0, 0.1) is 0 Å². The molecule has 0 aromatic rings. The van der Waals surface area contributed by atoms with Crippen LogP contribution >= 0.6 is 11.9 Å². The highest BCUT2D eigenvalue weighted by molar-refractivity contribution is 7.99. The smallest absolute Gasteiger partial charge is 0.324 e.